The predicted octanol–water partition coefficient (Wildman–Crippen LogP) is 3.22. The number of benzene rings is 1. The van der Waals surface area contributed by atoms with Crippen LogP contribution in [0.1, 0.15) is 38.3 Å². The molecule has 1 aromatic rings. The standard InChI is InChI=1S/C16H28N2O/c1-6-7-15(12-19-5)17-13(2)14-8-10-16(11-9-14)18(3)4/h8-11,13,15,17H,6-7,12H2,1-5H3. The Morgan fingerprint density at radius 2 is 1.84 bits per heavy atom. The van der Waals surface area contributed by atoms with Gasteiger partial charge in [-0.3, -0.25) is 0 Å². The van der Waals surface area contributed by atoms with Gasteiger partial charge in [0, 0.05) is 39.0 Å². The van der Waals surface area contributed by atoms with Crippen molar-refractivity contribution in [2.45, 2.75) is 38.8 Å². The van der Waals surface area contributed by atoms with Crippen molar-refractivity contribution in [3.63, 3.8) is 0 Å². The van der Waals surface area contributed by atoms with E-state index in [4.69, 9.17) is 4.74 Å². The van der Waals surface area contributed by atoms with Crippen LogP contribution in [0.2, 0.25) is 0 Å². The topological polar surface area (TPSA) is 24.5 Å². The SMILES string of the molecule is CCCC(COC)NC(C)c1ccc(N(C)C)cc1. The maximum Gasteiger partial charge on any atom is 0.0616 e. The molecule has 0 aromatic heterocycles. The van der Waals surface area contributed by atoms with E-state index in [-0.39, 0.29) is 0 Å². The van der Waals surface area contributed by atoms with Gasteiger partial charge in [0.25, 0.3) is 0 Å². The average Bonchev–Trinajstić information content (AvgIpc) is 2.39. The van der Waals surface area contributed by atoms with Crippen molar-refractivity contribution in [3.8, 4) is 0 Å². The quantitative estimate of drug-likeness (QED) is 0.780. The molecule has 2 atom stereocenters. The second-order valence-corrected chi connectivity index (χ2v) is 5.32. The zero-order valence-corrected chi connectivity index (χ0v) is 12.9. The number of hydrogen-bond acceptors (Lipinski definition) is 3. The van der Waals surface area contributed by atoms with Gasteiger partial charge in [-0.1, -0.05) is 25.5 Å². The molecule has 0 saturated carbocycles. The molecule has 0 heterocycles. The summed E-state index contributed by atoms with van der Waals surface area (Å²) < 4.78 is 5.27. The molecule has 108 valence electrons. The Bertz CT molecular complexity index is 342. The minimum absolute atomic E-state index is 0.350. The van der Waals surface area contributed by atoms with E-state index in [1.54, 1.807) is 7.11 Å². The van der Waals surface area contributed by atoms with E-state index in [1.807, 2.05) is 0 Å². The van der Waals surface area contributed by atoms with E-state index in [0.717, 1.165) is 13.0 Å². The van der Waals surface area contributed by atoms with Crippen molar-refractivity contribution in [2.24, 2.45) is 0 Å². The Labute approximate surface area is 118 Å². The second-order valence-electron chi connectivity index (χ2n) is 5.32. The van der Waals surface area contributed by atoms with Crippen LogP contribution in [-0.2, 0) is 4.74 Å². The molecule has 0 aliphatic rings. The van der Waals surface area contributed by atoms with E-state index >= 15 is 0 Å². The number of ether oxygens (including phenoxy) is 1. The number of rotatable bonds is 8. The second kappa shape index (κ2) is 8.18. The molecule has 1 aromatic carbocycles. The van der Waals surface area contributed by atoms with Crippen LogP contribution in [0.4, 0.5) is 5.69 Å². The van der Waals surface area contributed by atoms with Crippen LogP contribution in [0.15, 0.2) is 24.3 Å². The van der Waals surface area contributed by atoms with Gasteiger partial charge >= 0.3 is 0 Å². The first kappa shape index (κ1) is 16.0. The predicted molar refractivity (Wildman–Crippen MR) is 82.9 cm³/mol. The van der Waals surface area contributed by atoms with Crippen molar-refractivity contribution in [1.29, 1.82) is 0 Å². The van der Waals surface area contributed by atoms with Crippen LogP contribution >= 0.6 is 0 Å². The summed E-state index contributed by atoms with van der Waals surface area (Å²) >= 11 is 0. The van der Waals surface area contributed by atoms with Crippen molar-refractivity contribution >= 4 is 5.69 Å². The molecule has 0 radical (unpaired) electrons. The van der Waals surface area contributed by atoms with Gasteiger partial charge in [-0.15, -0.1) is 0 Å². The van der Waals surface area contributed by atoms with Crippen LogP contribution in [0.5, 0.6) is 0 Å². The molecule has 3 nitrogen and oxygen atoms in total. The van der Waals surface area contributed by atoms with Gasteiger partial charge in [0.1, 0.15) is 0 Å². The van der Waals surface area contributed by atoms with Crippen molar-refractivity contribution in [1.82, 2.24) is 5.32 Å². The highest BCUT2D eigenvalue weighted by Crippen LogP contribution is 2.18. The summed E-state index contributed by atoms with van der Waals surface area (Å²) in [5.41, 5.74) is 2.56. The summed E-state index contributed by atoms with van der Waals surface area (Å²) in [4.78, 5) is 2.12. The molecule has 0 aliphatic carbocycles. The van der Waals surface area contributed by atoms with Crippen LogP contribution in [0, 0.1) is 0 Å². The Morgan fingerprint density at radius 1 is 1.21 bits per heavy atom. The normalized spacial score (nSPS) is 14.2. The minimum atomic E-state index is 0.350. The Kier molecular flexibility index (Phi) is 6.89. The van der Waals surface area contributed by atoms with Gasteiger partial charge in [-0.25, -0.2) is 0 Å². The fraction of sp³-hybridized carbons (Fsp3) is 0.625. The lowest BCUT2D eigenvalue weighted by Gasteiger charge is -2.23. The summed E-state index contributed by atoms with van der Waals surface area (Å²) in [7, 11) is 5.89. The van der Waals surface area contributed by atoms with E-state index in [0.29, 0.717) is 12.1 Å². The third kappa shape index (κ3) is 5.21. The van der Waals surface area contributed by atoms with Gasteiger partial charge in [0.05, 0.1) is 6.61 Å². The van der Waals surface area contributed by atoms with Crippen molar-refractivity contribution in [2.75, 3.05) is 32.7 Å². The summed E-state index contributed by atoms with van der Waals surface area (Å²) in [5, 5.41) is 3.65. The summed E-state index contributed by atoms with van der Waals surface area (Å²) in [6.45, 7) is 5.19. The van der Waals surface area contributed by atoms with Gasteiger partial charge < -0.3 is 15.0 Å². The Morgan fingerprint density at radius 3 is 2.32 bits per heavy atom. The van der Waals surface area contributed by atoms with E-state index in [1.165, 1.54) is 17.7 Å². The monoisotopic (exact) mass is 264 g/mol. The first-order chi connectivity index (χ1) is 9.08. The molecule has 3 heteroatoms. The smallest absolute Gasteiger partial charge is 0.0616 e. The molecule has 19 heavy (non-hydrogen) atoms. The van der Waals surface area contributed by atoms with Gasteiger partial charge in [0.2, 0.25) is 0 Å². The molecular weight excluding hydrogens is 236 g/mol. The van der Waals surface area contributed by atoms with Gasteiger partial charge in [-0.05, 0) is 31.0 Å². The van der Waals surface area contributed by atoms with Crippen molar-refractivity contribution < 1.29 is 4.74 Å². The molecule has 1 N–H and O–H groups in total. The minimum Gasteiger partial charge on any atom is -0.383 e. The third-order valence-corrected chi connectivity index (χ3v) is 3.40. The lowest BCUT2D eigenvalue weighted by Crippen LogP contribution is -2.35. The lowest BCUT2D eigenvalue weighted by molar-refractivity contribution is 0.157. The van der Waals surface area contributed by atoms with Crippen molar-refractivity contribution in [3.05, 3.63) is 29.8 Å². The molecule has 0 aliphatic heterocycles. The number of nitrogens with zero attached hydrogens (tertiary/aromatic N) is 1. The fourth-order valence-electron chi connectivity index (χ4n) is 2.28. The molecule has 0 bridgehead atoms. The number of nitrogens with one attached hydrogen (secondary N) is 1. The first-order valence-electron chi connectivity index (χ1n) is 7.10. The zero-order valence-electron chi connectivity index (χ0n) is 12.9. The van der Waals surface area contributed by atoms with E-state index in [2.05, 4.69) is 62.4 Å². The van der Waals surface area contributed by atoms with Gasteiger partial charge in [-0.2, -0.15) is 0 Å². The molecule has 2 unspecified atom stereocenters. The molecular formula is C16H28N2O. The highest BCUT2D eigenvalue weighted by Gasteiger charge is 2.12. The molecule has 0 spiro atoms. The largest absolute Gasteiger partial charge is 0.383 e. The fourth-order valence-corrected chi connectivity index (χ4v) is 2.28. The molecule has 1 rings (SSSR count). The number of methoxy groups -OCH3 is 1. The van der Waals surface area contributed by atoms with E-state index < -0.39 is 0 Å². The van der Waals surface area contributed by atoms with Gasteiger partial charge in [0.15, 0.2) is 0 Å². The first-order valence-corrected chi connectivity index (χ1v) is 7.10. The maximum absolute atomic E-state index is 5.27. The molecule has 0 saturated heterocycles. The summed E-state index contributed by atoms with van der Waals surface area (Å²) in [5.74, 6) is 0. The Hall–Kier alpha value is -1.06. The highest BCUT2D eigenvalue weighted by atomic mass is 16.5. The zero-order chi connectivity index (χ0) is 14.3. The van der Waals surface area contributed by atoms with Crippen LogP contribution in [0.25, 0.3) is 0 Å². The highest BCUT2D eigenvalue weighted by molar-refractivity contribution is 5.46. The molecule has 0 fully saturated rings. The summed E-state index contributed by atoms with van der Waals surface area (Å²) in [6.07, 6.45) is 2.32. The lowest BCUT2D eigenvalue weighted by atomic mass is 10.1. The van der Waals surface area contributed by atoms with Crippen LogP contribution in [-0.4, -0.2) is 33.9 Å². The maximum atomic E-state index is 5.27. The Balaban J connectivity index is 2.62. The van der Waals surface area contributed by atoms with Crippen LogP contribution in [0.3, 0.4) is 0 Å². The number of anilines is 1. The summed E-state index contributed by atoms with van der Waals surface area (Å²) in [6, 6.07) is 9.50. The van der Waals surface area contributed by atoms with E-state index in [9.17, 15) is 0 Å². The van der Waals surface area contributed by atoms with Crippen LogP contribution < -0.4 is 10.2 Å². The number of hydrogen-bond donors (Lipinski definition) is 1. The third-order valence-electron chi connectivity index (χ3n) is 3.40. The molecule has 0 amide bonds. The average molecular weight is 264 g/mol.